The number of rotatable bonds is 16. The predicted octanol–water partition coefficient (Wildman–Crippen LogP) is 4.59. The zero-order chi connectivity index (χ0) is 45.3. The molecule has 62 heavy (non-hydrogen) atoms. The van der Waals surface area contributed by atoms with Gasteiger partial charge < -0.3 is 21.7 Å². The Hall–Kier alpha value is -6.28. The molecule has 6 rings (SSSR count). The van der Waals surface area contributed by atoms with E-state index in [-0.39, 0.29) is 61.9 Å². The predicted molar refractivity (Wildman–Crippen MR) is 221 cm³/mol. The van der Waals surface area contributed by atoms with Gasteiger partial charge in [-0.1, -0.05) is 30.3 Å². The van der Waals surface area contributed by atoms with Crippen LogP contribution in [0, 0.1) is 0 Å². The lowest BCUT2D eigenvalue weighted by Crippen LogP contribution is -2.15. The fourth-order valence-corrected chi connectivity index (χ4v) is 8.69. The zero-order valence-electron chi connectivity index (χ0n) is 30.8. The third-order valence-electron chi connectivity index (χ3n) is 8.14. The molecule has 0 saturated heterocycles. The first kappa shape index (κ1) is 45.3. The van der Waals surface area contributed by atoms with E-state index in [4.69, 9.17) is 10.3 Å². The Morgan fingerprint density at radius 1 is 0.532 bits per heavy atom. The van der Waals surface area contributed by atoms with E-state index in [1.165, 1.54) is 42.5 Å². The monoisotopic (exact) mass is 951 g/mol. The molecule has 29 heteroatoms. The van der Waals surface area contributed by atoms with Gasteiger partial charge in [-0.3, -0.25) is 18.2 Å². The van der Waals surface area contributed by atoms with Crippen molar-refractivity contribution in [1.29, 1.82) is 0 Å². The minimum atomic E-state index is -4.97. The Morgan fingerprint density at radius 3 is 1.63 bits per heavy atom. The van der Waals surface area contributed by atoms with Crippen molar-refractivity contribution in [1.82, 2.24) is 15.0 Å². The Balaban J connectivity index is 1.37. The number of nitrogens with one attached hydrogen (secondary N) is 3. The van der Waals surface area contributed by atoms with E-state index < -0.39 is 83.3 Å². The molecule has 0 spiro atoms. The molecule has 0 aliphatic rings. The number of azo groups is 1. The second kappa shape index (κ2) is 17.2. The number of nitrogens with zero attached hydrogens (tertiary/aromatic N) is 5. The Labute approximate surface area is 352 Å². The molecular formula is C33H29N9O15S5. The van der Waals surface area contributed by atoms with Crippen molar-refractivity contribution in [3.05, 3.63) is 97.1 Å². The lowest BCUT2D eigenvalue weighted by molar-refractivity contribution is 0.284. The van der Waals surface area contributed by atoms with Gasteiger partial charge in [0.15, 0.2) is 9.84 Å². The maximum absolute atomic E-state index is 12.7. The van der Waals surface area contributed by atoms with Crippen molar-refractivity contribution < 1.29 is 64.5 Å². The van der Waals surface area contributed by atoms with Crippen molar-refractivity contribution in [2.75, 3.05) is 34.0 Å². The van der Waals surface area contributed by atoms with Crippen LogP contribution in [-0.4, -0.2) is 87.6 Å². The molecule has 5 aromatic carbocycles. The maximum Gasteiger partial charge on any atom is 0.397 e. The molecule has 0 aliphatic carbocycles. The number of hydrogen-bond donors (Lipinski definition) is 8. The Morgan fingerprint density at radius 2 is 1.06 bits per heavy atom. The molecule has 0 fully saturated rings. The second-order valence-electron chi connectivity index (χ2n) is 12.5. The quantitative estimate of drug-likeness (QED) is 0.0373. The number of sulfone groups is 1. The van der Waals surface area contributed by atoms with Gasteiger partial charge in [0, 0.05) is 27.8 Å². The van der Waals surface area contributed by atoms with Crippen LogP contribution in [0.2, 0.25) is 0 Å². The molecule has 0 amide bonds. The number of nitrogen functional groups attached to an aromatic ring is 1. The Kier molecular flexibility index (Phi) is 12.6. The Bertz CT molecular complexity index is 3340. The molecule has 9 N–H and O–H groups in total. The molecule has 1 heterocycles. The first-order valence-electron chi connectivity index (χ1n) is 16.8. The lowest BCUT2D eigenvalue weighted by atomic mass is 10.1. The minimum absolute atomic E-state index is 0.0103. The number of benzene rings is 5. The third-order valence-corrected chi connectivity index (χ3v) is 12.9. The van der Waals surface area contributed by atoms with E-state index in [1.54, 1.807) is 12.1 Å². The van der Waals surface area contributed by atoms with E-state index in [1.807, 2.05) is 0 Å². The summed E-state index contributed by atoms with van der Waals surface area (Å²) in [5.41, 5.74) is 5.33. The molecule has 0 bridgehead atoms. The van der Waals surface area contributed by atoms with E-state index in [9.17, 15) is 55.7 Å². The SMILES string of the molecule is Nc1c(S(=O)(=O)O)cc(N=Nc2cc(Nc3nc(Nc4ccc(S(=O)(=O)CCOS(=O)(=O)O)cc4)nc(Nc4cccc(S(=O)(=O)O)c4)n3)ccc2S(=O)(=O)O)c2ccccc12. The fourth-order valence-electron chi connectivity index (χ4n) is 5.43. The molecule has 326 valence electrons. The van der Waals surface area contributed by atoms with Crippen LogP contribution in [0.4, 0.5) is 52.0 Å². The molecule has 24 nitrogen and oxygen atoms in total. The second-order valence-corrected chi connectivity index (χ2v) is 19.9. The van der Waals surface area contributed by atoms with Gasteiger partial charge >= 0.3 is 10.4 Å². The number of aromatic nitrogens is 3. The summed E-state index contributed by atoms with van der Waals surface area (Å²) in [6, 6.07) is 20.0. The third kappa shape index (κ3) is 11.3. The summed E-state index contributed by atoms with van der Waals surface area (Å²) in [5.74, 6) is -1.56. The highest BCUT2D eigenvalue weighted by atomic mass is 32.3. The van der Waals surface area contributed by atoms with E-state index >= 15 is 0 Å². The van der Waals surface area contributed by atoms with Gasteiger partial charge in [-0.05, 0) is 66.7 Å². The van der Waals surface area contributed by atoms with Gasteiger partial charge in [0.25, 0.3) is 30.4 Å². The standard InChI is InChI=1S/C33H29N9O15S5/c34-30-25-7-2-1-6-24(25)26(18-29(30)61(51,52)53)41-42-27-17-21(10-13-28(27)60(48,49)50)37-33-39-31(38-32(40-33)36-20-4-3-5-23(16-20)59(45,46)47)35-19-8-11-22(12-9-19)58(43,44)15-14-57-62(54,55)56/h1-13,16-18H,14-15,34H2,(H,45,46,47)(H,48,49,50)(H,51,52,53)(H,54,55,56)(H3,35,36,37,38,39,40). The number of fused-ring (bicyclic) bond motifs is 1. The average Bonchev–Trinajstić information content (AvgIpc) is 3.16. The first-order chi connectivity index (χ1) is 28.9. The highest BCUT2D eigenvalue weighted by molar-refractivity contribution is 7.91. The topological polar surface area (TPSA) is 386 Å². The summed E-state index contributed by atoms with van der Waals surface area (Å²) in [7, 11) is -23.4. The van der Waals surface area contributed by atoms with Crippen LogP contribution in [0.1, 0.15) is 0 Å². The minimum Gasteiger partial charge on any atom is -0.397 e. The summed E-state index contributed by atoms with van der Waals surface area (Å²) in [5, 5.41) is 16.8. The highest BCUT2D eigenvalue weighted by Gasteiger charge is 2.22. The number of hydrogen-bond acceptors (Lipinski definition) is 20. The number of nitrogens with two attached hydrogens (primary N) is 1. The molecule has 6 aromatic rings. The molecule has 0 saturated carbocycles. The van der Waals surface area contributed by atoms with Gasteiger partial charge in [-0.15, -0.1) is 10.2 Å². The fraction of sp³-hybridized carbons (Fsp3) is 0.0606. The van der Waals surface area contributed by atoms with Crippen molar-refractivity contribution in [2.24, 2.45) is 10.2 Å². The molecule has 0 radical (unpaired) electrons. The number of anilines is 7. The summed E-state index contributed by atoms with van der Waals surface area (Å²) < 4.78 is 162. The van der Waals surface area contributed by atoms with Crippen molar-refractivity contribution in [2.45, 2.75) is 19.6 Å². The van der Waals surface area contributed by atoms with Gasteiger partial charge in [-0.25, -0.2) is 12.6 Å². The van der Waals surface area contributed by atoms with E-state index in [0.29, 0.717) is 0 Å². The van der Waals surface area contributed by atoms with Crippen molar-refractivity contribution in [3.8, 4) is 0 Å². The highest BCUT2D eigenvalue weighted by Crippen LogP contribution is 2.38. The summed E-state index contributed by atoms with van der Waals surface area (Å²) in [6.45, 7) is -0.856. The smallest absolute Gasteiger partial charge is 0.397 e. The van der Waals surface area contributed by atoms with Crippen LogP contribution in [0.3, 0.4) is 0 Å². The first-order valence-corrected chi connectivity index (χ1v) is 24.1. The van der Waals surface area contributed by atoms with Crippen molar-refractivity contribution >= 4 is 113 Å². The summed E-state index contributed by atoms with van der Waals surface area (Å²) >= 11 is 0. The van der Waals surface area contributed by atoms with Crippen LogP contribution in [0.25, 0.3) is 10.8 Å². The van der Waals surface area contributed by atoms with Gasteiger partial charge in [0.2, 0.25) is 17.8 Å². The molecule has 0 aliphatic heterocycles. The van der Waals surface area contributed by atoms with Crippen LogP contribution in [-0.2, 0) is 54.8 Å². The molecule has 0 unspecified atom stereocenters. The van der Waals surface area contributed by atoms with Crippen LogP contribution in [0.5, 0.6) is 0 Å². The van der Waals surface area contributed by atoms with Gasteiger partial charge in [0.05, 0.1) is 33.5 Å². The normalized spacial score (nSPS) is 12.7. The molecule has 1 aromatic heterocycles. The maximum atomic E-state index is 12.7. The average molecular weight is 952 g/mol. The van der Waals surface area contributed by atoms with Gasteiger partial charge in [0.1, 0.15) is 15.5 Å². The lowest BCUT2D eigenvalue weighted by Gasteiger charge is -2.13. The summed E-state index contributed by atoms with van der Waals surface area (Å²) in [6.07, 6.45) is 0. The van der Waals surface area contributed by atoms with Crippen LogP contribution in [0.15, 0.2) is 127 Å². The van der Waals surface area contributed by atoms with Gasteiger partial charge in [-0.2, -0.15) is 48.6 Å². The van der Waals surface area contributed by atoms with Crippen LogP contribution < -0.4 is 21.7 Å². The van der Waals surface area contributed by atoms with E-state index in [2.05, 4.69) is 45.3 Å². The molecule has 0 atom stereocenters. The molecular weight excluding hydrogens is 923 g/mol. The van der Waals surface area contributed by atoms with Crippen LogP contribution >= 0.6 is 0 Å². The van der Waals surface area contributed by atoms with Crippen molar-refractivity contribution in [3.63, 3.8) is 0 Å². The van der Waals surface area contributed by atoms with E-state index in [0.717, 1.165) is 42.5 Å². The largest absolute Gasteiger partial charge is 0.397 e. The summed E-state index contributed by atoms with van der Waals surface area (Å²) in [4.78, 5) is 10.6. The zero-order valence-corrected chi connectivity index (χ0v) is 34.9.